The Bertz CT molecular complexity index is 272. The molecule has 0 amide bonds. The lowest BCUT2D eigenvalue weighted by atomic mass is 10.4. The van der Waals surface area contributed by atoms with Crippen LogP contribution in [0.3, 0.4) is 0 Å². The first-order valence-electron chi connectivity index (χ1n) is 4.72. The van der Waals surface area contributed by atoms with Crippen LogP contribution in [0.5, 0.6) is 0 Å². The molecule has 0 aliphatic heterocycles. The highest BCUT2D eigenvalue weighted by molar-refractivity contribution is 6.50. The summed E-state index contributed by atoms with van der Waals surface area (Å²) in [5.74, 6) is 0. The third-order valence-electron chi connectivity index (χ3n) is 1.86. The van der Waals surface area contributed by atoms with Crippen LogP contribution >= 0.6 is 0 Å². The molecule has 1 aromatic rings. The lowest BCUT2D eigenvalue weighted by molar-refractivity contribution is 0.551. The van der Waals surface area contributed by atoms with E-state index in [4.69, 9.17) is 0 Å². The van der Waals surface area contributed by atoms with Crippen LogP contribution in [0.4, 0.5) is 0 Å². The van der Waals surface area contributed by atoms with Gasteiger partial charge in [-0.25, -0.2) is 0 Å². The van der Waals surface area contributed by atoms with Crippen LogP contribution in [0.1, 0.15) is 0 Å². The summed E-state index contributed by atoms with van der Waals surface area (Å²) in [6.07, 6.45) is 3.89. The van der Waals surface area contributed by atoms with Crippen molar-refractivity contribution in [1.29, 1.82) is 0 Å². The minimum absolute atomic E-state index is 0.186. The highest BCUT2D eigenvalue weighted by atomic mass is 28.2. The molecule has 1 nitrogen and oxygen atoms in total. The van der Waals surface area contributed by atoms with Crippen LogP contribution in [0.2, 0.25) is 0 Å². The standard InChI is InChI=1S/C12H16NSi/c1-3-10-13(11-4-2)14-12-8-6-5-7-9-12/h3-9,14H,1-2,10-11H2. The van der Waals surface area contributed by atoms with Crippen molar-refractivity contribution in [3.8, 4) is 0 Å². The molecule has 1 aromatic carbocycles. The zero-order valence-corrected chi connectivity index (χ0v) is 9.55. The van der Waals surface area contributed by atoms with Crippen LogP contribution in [0.15, 0.2) is 55.6 Å². The molecule has 2 heteroatoms. The van der Waals surface area contributed by atoms with Gasteiger partial charge in [-0.2, -0.15) is 0 Å². The fourth-order valence-corrected chi connectivity index (χ4v) is 2.59. The van der Waals surface area contributed by atoms with Crippen LogP contribution < -0.4 is 5.19 Å². The zero-order valence-electron chi connectivity index (χ0n) is 8.39. The number of hydrogen-bond donors (Lipinski definition) is 0. The Kier molecular flexibility index (Phi) is 4.97. The van der Waals surface area contributed by atoms with Crippen molar-refractivity contribution in [3.05, 3.63) is 55.6 Å². The molecular weight excluding hydrogens is 186 g/mol. The molecule has 0 N–H and O–H groups in total. The van der Waals surface area contributed by atoms with Gasteiger partial charge in [0.1, 0.15) is 0 Å². The Morgan fingerprint density at radius 3 is 2.14 bits per heavy atom. The average molecular weight is 202 g/mol. The molecule has 0 atom stereocenters. The normalized spacial score (nSPS) is 10.1. The topological polar surface area (TPSA) is 3.24 Å². The van der Waals surface area contributed by atoms with Crippen molar-refractivity contribution >= 4 is 14.9 Å². The Hall–Kier alpha value is -1.12. The van der Waals surface area contributed by atoms with Crippen molar-refractivity contribution < 1.29 is 0 Å². The van der Waals surface area contributed by atoms with Gasteiger partial charge in [-0.15, -0.1) is 13.2 Å². The molecule has 0 bridgehead atoms. The fraction of sp³-hybridized carbons (Fsp3) is 0.167. The predicted octanol–water partition coefficient (Wildman–Crippen LogP) is 1.34. The molecule has 0 spiro atoms. The number of hydrogen-bond acceptors (Lipinski definition) is 1. The molecule has 0 saturated carbocycles. The summed E-state index contributed by atoms with van der Waals surface area (Å²) in [6.45, 7) is 9.40. The molecule has 0 aliphatic carbocycles. The summed E-state index contributed by atoms with van der Waals surface area (Å²) in [6, 6.07) is 10.6. The maximum absolute atomic E-state index is 3.76. The van der Waals surface area contributed by atoms with Gasteiger partial charge in [-0.1, -0.05) is 42.5 Å². The first-order chi connectivity index (χ1) is 6.86. The third kappa shape index (κ3) is 3.73. The van der Waals surface area contributed by atoms with E-state index in [1.807, 2.05) is 18.2 Å². The van der Waals surface area contributed by atoms with Crippen molar-refractivity contribution in [1.82, 2.24) is 4.57 Å². The lowest BCUT2D eigenvalue weighted by Gasteiger charge is -2.17. The average Bonchev–Trinajstić information content (AvgIpc) is 2.20. The highest BCUT2D eigenvalue weighted by Gasteiger charge is 2.02. The van der Waals surface area contributed by atoms with E-state index in [1.54, 1.807) is 0 Å². The van der Waals surface area contributed by atoms with Crippen LogP contribution in [-0.4, -0.2) is 27.3 Å². The highest BCUT2D eigenvalue weighted by Crippen LogP contribution is 1.88. The summed E-state index contributed by atoms with van der Waals surface area (Å²) >= 11 is 0. The van der Waals surface area contributed by atoms with Gasteiger partial charge in [-0.05, 0) is 5.19 Å². The number of rotatable bonds is 6. The molecule has 0 aromatic heterocycles. The van der Waals surface area contributed by atoms with Gasteiger partial charge in [-0.3, -0.25) is 0 Å². The second kappa shape index (κ2) is 6.35. The summed E-state index contributed by atoms with van der Waals surface area (Å²) in [4.78, 5) is 0. The Morgan fingerprint density at radius 2 is 1.64 bits per heavy atom. The molecule has 0 saturated heterocycles. The first-order valence-corrected chi connectivity index (χ1v) is 5.82. The quantitative estimate of drug-likeness (QED) is 0.497. The second-order valence-electron chi connectivity index (χ2n) is 3.07. The van der Waals surface area contributed by atoms with Gasteiger partial charge in [0.15, 0.2) is 9.68 Å². The minimum atomic E-state index is 0.186. The van der Waals surface area contributed by atoms with E-state index in [0.29, 0.717) is 0 Å². The Balaban J connectivity index is 2.54. The summed E-state index contributed by atoms with van der Waals surface area (Å²) in [5.41, 5.74) is 0. The SMILES string of the molecule is C=CCN(CC=C)[SiH]c1ccccc1. The van der Waals surface area contributed by atoms with Gasteiger partial charge in [0.2, 0.25) is 0 Å². The summed E-state index contributed by atoms with van der Waals surface area (Å²) in [7, 11) is 0.186. The van der Waals surface area contributed by atoms with Crippen LogP contribution in [0.25, 0.3) is 0 Å². The van der Waals surface area contributed by atoms with Crippen LogP contribution in [0, 0.1) is 0 Å². The minimum Gasteiger partial charge on any atom is -0.316 e. The molecule has 73 valence electrons. The first kappa shape index (κ1) is 11.0. The van der Waals surface area contributed by atoms with Gasteiger partial charge >= 0.3 is 0 Å². The van der Waals surface area contributed by atoms with Crippen molar-refractivity contribution in [3.63, 3.8) is 0 Å². The Labute approximate surface area is 88.7 Å². The Morgan fingerprint density at radius 1 is 1.07 bits per heavy atom. The van der Waals surface area contributed by atoms with E-state index in [-0.39, 0.29) is 9.68 Å². The molecule has 0 aliphatic rings. The third-order valence-corrected chi connectivity index (χ3v) is 3.33. The number of nitrogens with zero attached hydrogens (tertiary/aromatic N) is 1. The maximum Gasteiger partial charge on any atom is 0.153 e. The predicted molar refractivity (Wildman–Crippen MR) is 65.2 cm³/mol. The van der Waals surface area contributed by atoms with Crippen molar-refractivity contribution in [2.75, 3.05) is 13.1 Å². The summed E-state index contributed by atoms with van der Waals surface area (Å²) < 4.78 is 2.37. The van der Waals surface area contributed by atoms with E-state index in [0.717, 1.165) is 13.1 Å². The van der Waals surface area contributed by atoms with E-state index >= 15 is 0 Å². The van der Waals surface area contributed by atoms with Crippen molar-refractivity contribution in [2.24, 2.45) is 0 Å². The second-order valence-corrected chi connectivity index (χ2v) is 4.73. The zero-order chi connectivity index (χ0) is 10.2. The van der Waals surface area contributed by atoms with E-state index in [2.05, 4.69) is 42.0 Å². The summed E-state index contributed by atoms with van der Waals surface area (Å²) in [5, 5.41) is 1.41. The smallest absolute Gasteiger partial charge is 0.153 e. The van der Waals surface area contributed by atoms with E-state index in [1.165, 1.54) is 5.19 Å². The van der Waals surface area contributed by atoms with E-state index < -0.39 is 0 Å². The molecule has 14 heavy (non-hydrogen) atoms. The van der Waals surface area contributed by atoms with Crippen molar-refractivity contribution in [2.45, 2.75) is 0 Å². The molecule has 0 fully saturated rings. The van der Waals surface area contributed by atoms with Gasteiger partial charge < -0.3 is 4.57 Å². The monoisotopic (exact) mass is 202 g/mol. The van der Waals surface area contributed by atoms with E-state index in [9.17, 15) is 0 Å². The fourth-order valence-electron chi connectivity index (χ4n) is 1.26. The van der Waals surface area contributed by atoms with Crippen LogP contribution in [-0.2, 0) is 0 Å². The van der Waals surface area contributed by atoms with Gasteiger partial charge in [0.05, 0.1) is 0 Å². The van der Waals surface area contributed by atoms with Gasteiger partial charge in [0.25, 0.3) is 0 Å². The molecule has 1 radical (unpaired) electrons. The molecular formula is C12H16NSi. The largest absolute Gasteiger partial charge is 0.316 e. The maximum atomic E-state index is 3.76. The van der Waals surface area contributed by atoms with Gasteiger partial charge in [0, 0.05) is 13.1 Å². The lowest BCUT2D eigenvalue weighted by Crippen LogP contribution is -2.36. The number of benzene rings is 1. The molecule has 0 heterocycles. The molecule has 0 unspecified atom stereocenters. The molecule has 1 rings (SSSR count).